The van der Waals surface area contributed by atoms with Crippen LogP contribution < -0.4 is 0 Å². The van der Waals surface area contributed by atoms with Gasteiger partial charge in [0.25, 0.3) is 5.91 Å². The number of thioether (sulfide) groups is 1. The number of likely N-dealkylation sites (tertiary alicyclic amines) is 1. The Labute approximate surface area is 192 Å². The van der Waals surface area contributed by atoms with E-state index < -0.39 is 10.0 Å². The predicted octanol–water partition coefficient (Wildman–Crippen LogP) is 4.25. The Kier molecular flexibility index (Phi) is 6.00. The lowest BCUT2D eigenvalue weighted by molar-refractivity contribution is -0.133. The van der Waals surface area contributed by atoms with Gasteiger partial charge in [-0.1, -0.05) is 26.7 Å². The number of sulfonamides is 1. The molecule has 2 saturated carbocycles. The van der Waals surface area contributed by atoms with Crippen LogP contribution in [0.3, 0.4) is 0 Å². The number of nitrogens with zero attached hydrogens (tertiary/aromatic N) is 2. The minimum atomic E-state index is -3.13. The Balaban J connectivity index is 1.20. The van der Waals surface area contributed by atoms with Crippen LogP contribution in [0.1, 0.15) is 71.6 Å². The van der Waals surface area contributed by atoms with E-state index in [4.69, 9.17) is 0 Å². The second-order valence-corrected chi connectivity index (χ2v) is 14.2. The highest BCUT2D eigenvalue weighted by atomic mass is 32.2. The zero-order valence-corrected chi connectivity index (χ0v) is 20.7. The Hall–Kier alpha value is -0.530. The monoisotopic (exact) mass is 466 g/mol. The normalized spacial score (nSPS) is 36.8. The maximum absolute atomic E-state index is 13.6. The van der Waals surface area contributed by atoms with Gasteiger partial charge in [-0.25, -0.2) is 12.7 Å². The van der Waals surface area contributed by atoms with Crippen LogP contribution in [0.25, 0.3) is 0 Å². The summed E-state index contributed by atoms with van der Waals surface area (Å²) in [4.78, 5) is 15.8. The molecule has 174 valence electrons. The third-order valence-electron chi connectivity index (χ3n) is 8.57. The minimum absolute atomic E-state index is 0.163. The summed E-state index contributed by atoms with van der Waals surface area (Å²) in [6.45, 7) is 6.17. The summed E-state index contributed by atoms with van der Waals surface area (Å²) in [5, 5.41) is 2.19. The Bertz CT molecular complexity index is 845. The number of rotatable bonds is 5. The first-order valence-electron chi connectivity index (χ1n) is 12.5. The van der Waals surface area contributed by atoms with Crippen LogP contribution >= 0.6 is 11.8 Å². The molecule has 1 amide bonds. The van der Waals surface area contributed by atoms with Gasteiger partial charge in [0.05, 0.1) is 5.75 Å². The number of carbonyl (C=O) groups is 1. The van der Waals surface area contributed by atoms with Crippen LogP contribution in [-0.2, 0) is 14.8 Å². The molecule has 0 N–H and O–H groups in total. The topological polar surface area (TPSA) is 57.7 Å². The van der Waals surface area contributed by atoms with Gasteiger partial charge in [0.2, 0.25) is 10.0 Å². The van der Waals surface area contributed by atoms with Crippen molar-refractivity contribution in [1.29, 1.82) is 0 Å². The van der Waals surface area contributed by atoms with E-state index in [1.807, 2.05) is 25.6 Å². The molecule has 4 unspecified atom stereocenters. The zero-order chi connectivity index (χ0) is 21.8. The highest BCUT2D eigenvalue weighted by molar-refractivity contribution is 8.04. The average Bonchev–Trinajstić information content (AvgIpc) is 3.37. The predicted molar refractivity (Wildman–Crippen MR) is 126 cm³/mol. The van der Waals surface area contributed by atoms with Crippen LogP contribution in [0.4, 0.5) is 0 Å². The Morgan fingerprint density at radius 1 is 1.10 bits per heavy atom. The van der Waals surface area contributed by atoms with Crippen molar-refractivity contribution < 1.29 is 13.2 Å². The molecule has 0 aromatic carbocycles. The van der Waals surface area contributed by atoms with Gasteiger partial charge in [-0.15, -0.1) is 11.8 Å². The van der Waals surface area contributed by atoms with E-state index in [-0.39, 0.29) is 16.4 Å². The number of hydrogen-bond donors (Lipinski definition) is 0. The summed E-state index contributed by atoms with van der Waals surface area (Å²) in [5.41, 5.74) is 1.08. The van der Waals surface area contributed by atoms with Gasteiger partial charge in [0, 0.05) is 41.9 Å². The minimum Gasteiger partial charge on any atom is -0.336 e. The summed E-state index contributed by atoms with van der Waals surface area (Å²) in [5.74, 6) is 2.39. The highest BCUT2D eigenvalue weighted by Gasteiger charge is 2.65. The molecule has 0 aromatic heterocycles. The first-order valence-corrected chi connectivity index (χ1v) is 15.0. The highest BCUT2D eigenvalue weighted by Crippen LogP contribution is 2.69. The molecule has 5 rings (SSSR count). The molecule has 3 aliphatic heterocycles. The van der Waals surface area contributed by atoms with E-state index >= 15 is 0 Å². The fourth-order valence-corrected chi connectivity index (χ4v) is 10.4. The number of hydrogen-bond acceptors (Lipinski definition) is 4. The molecule has 4 atom stereocenters. The molecule has 2 aliphatic carbocycles. The SMILES string of the molecule is CC(C)CS(=O)(=O)N1CCC(C23CC2C(C(=O)N2CCCC4CCCCC42)=CS3)CC1. The van der Waals surface area contributed by atoms with Crippen molar-refractivity contribution in [3.63, 3.8) is 0 Å². The summed E-state index contributed by atoms with van der Waals surface area (Å²) in [6.07, 6.45) is 10.5. The van der Waals surface area contributed by atoms with Crippen molar-refractivity contribution in [2.24, 2.45) is 23.7 Å². The fraction of sp³-hybridized carbons (Fsp3) is 0.875. The molecule has 0 aromatic rings. The van der Waals surface area contributed by atoms with Crippen LogP contribution in [-0.4, -0.2) is 59.7 Å². The van der Waals surface area contributed by atoms with Crippen molar-refractivity contribution in [3.8, 4) is 0 Å². The number of fused-ring (bicyclic) bond motifs is 2. The van der Waals surface area contributed by atoms with Gasteiger partial charge in [0.1, 0.15) is 0 Å². The largest absolute Gasteiger partial charge is 0.336 e. The number of amides is 1. The van der Waals surface area contributed by atoms with Crippen LogP contribution in [0.5, 0.6) is 0 Å². The fourth-order valence-electron chi connectivity index (χ4n) is 6.96. The quantitative estimate of drug-likeness (QED) is 0.608. The van der Waals surface area contributed by atoms with Crippen LogP contribution in [0.15, 0.2) is 11.0 Å². The standard InChI is InChI=1S/C24H38N2O3S2/c1-17(2)16-31(28,29)25-12-9-19(10-13-25)24-14-21(24)20(15-30-24)23(27)26-11-5-7-18-6-3-4-8-22(18)26/h15,17-19,21-22H,3-14,16H2,1-2H3. The van der Waals surface area contributed by atoms with Crippen molar-refractivity contribution in [3.05, 3.63) is 11.0 Å². The molecular formula is C24H38N2O3S2. The van der Waals surface area contributed by atoms with Gasteiger partial charge in [-0.3, -0.25) is 4.79 Å². The number of carbonyl (C=O) groups excluding carboxylic acids is 1. The Morgan fingerprint density at radius 2 is 1.81 bits per heavy atom. The molecule has 5 nitrogen and oxygen atoms in total. The molecule has 4 fully saturated rings. The maximum Gasteiger partial charge on any atom is 0.250 e. The average molecular weight is 467 g/mol. The lowest BCUT2D eigenvalue weighted by atomic mass is 9.78. The van der Waals surface area contributed by atoms with Gasteiger partial charge >= 0.3 is 0 Å². The van der Waals surface area contributed by atoms with Gasteiger partial charge in [0.15, 0.2) is 0 Å². The van der Waals surface area contributed by atoms with E-state index in [1.165, 1.54) is 32.1 Å². The van der Waals surface area contributed by atoms with E-state index in [0.717, 1.165) is 43.7 Å². The third kappa shape index (κ3) is 4.01. The van der Waals surface area contributed by atoms with Crippen molar-refractivity contribution in [2.75, 3.05) is 25.4 Å². The molecule has 3 heterocycles. The van der Waals surface area contributed by atoms with Gasteiger partial charge in [-0.05, 0) is 68.1 Å². The smallest absolute Gasteiger partial charge is 0.250 e. The second-order valence-electron chi connectivity index (χ2n) is 11.0. The lowest BCUT2D eigenvalue weighted by Gasteiger charge is -2.44. The zero-order valence-electron chi connectivity index (χ0n) is 19.1. The second kappa shape index (κ2) is 8.35. The molecule has 0 bridgehead atoms. The molecule has 0 spiro atoms. The summed E-state index contributed by atoms with van der Waals surface area (Å²) >= 11 is 1.90. The maximum atomic E-state index is 13.6. The van der Waals surface area contributed by atoms with Crippen LogP contribution in [0, 0.1) is 23.7 Å². The summed E-state index contributed by atoms with van der Waals surface area (Å²) in [6, 6.07) is 0.476. The van der Waals surface area contributed by atoms with E-state index in [1.54, 1.807) is 4.31 Å². The first-order chi connectivity index (χ1) is 14.8. The molecular weight excluding hydrogens is 428 g/mol. The van der Waals surface area contributed by atoms with E-state index in [9.17, 15) is 13.2 Å². The number of piperidine rings is 2. The van der Waals surface area contributed by atoms with Gasteiger partial charge in [-0.2, -0.15) is 0 Å². The van der Waals surface area contributed by atoms with Gasteiger partial charge < -0.3 is 4.90 Å². The van der Waals surface area contributed by atoms with Crippen LogP contribution in [0.2, 0.25) is 0 Å². The molecule has 2 saturated heterocycles. The van der Waals surface area contributed by atoms with Crippen molar-refractivity contribution in [2.45, 2.75) is 82.4 Å². The van der Waals surface area contributed by atoms with Crippen molar-refractivity contribution >= 4 is 27.7 Å². The van der Waals surface area contributed by atoms with E-state index in [0.29, 0.717) is 36.9 Å². The molecule has 7 heteroatoms. The molecule has 31 heavy (non-hydrogen) atoms. The first kappa shape index (κ1) is 22.3. The summed E-state index contributed by atoms with van der Waals surface area (Å²) < 4.78 is 27.1. The van der Waals surface area contributed by atoms with Crippen molar-refractivity contribution in [1.82, 2.24) is 9.21 Å². The molecule has 5 aliphatic rings. The Morgan fingerprint density at radius 3 is 2.52 bits per heavy atom. The summed E-state index contributed by atoms with van der Waals surface area (Å²) in [7, 11) is -3.13. The van der Waals surface area contributed by atoms with E-state index in [2.05, 4.69) is 10.3 Å². The molecule has 0 radical (unpaired) electrons. The third-order valence-corrected chi connectivity index (χ3v) is 12.4. The lowest BCUT2D eigenvalue weighted by Crippen LogP contribution is -2.50.